The van der Waals surface area contributed by atoms with E-state index < -0.39 is 10.0 Å². The van der Waals surface area contributed by atoms with E-state index >= 15 is 0 Å². The third-order valence-corrected chi connectivity index (χ3v) is 4.44. The van der Waals surface area contributed by atoms with Crippen LogP contribution in [0.3, 0.4) is 0 Å². The molecule has 0 fully saturated rings. The number of hydrogen-bond acceptors (Lipinski definition) is 4. The van der Waals surface area contributed by atoms with E-state index in [0.717, 1.165) is 5.56 Å². The van der Waals surface area contributed by atoms with Crippen LogP contribution in [-0.2, 0) is 16.6 Å². The van der Waals surface area contributed by atoms with Gasteiger partial charge in [-0.1, -0.05) is 11.6 Å². The predicted molar refractivity (Wildman–Crippen MR) is 80.9 cm³/mol. The summed E-state index contributed by atoms with van der Waals surface area (Å²) in [4.78, 5) is 4.00. The lowest BCUT2D eigenvalue weighted by Crippen LogP contribution is -2.23. The van der Waals surface area contributed by atoms with Gasteiger partial charge in [-0.25, -0.2) is 13.1 Å². The number of sulfonamides is 1. The van der Waals surface area contributed by atoms with Gasteiger partial charge in [0.1, 0.15) is 5.75 Å². The Hall–Kier alpha value is -1.63. The fraction of sp³-hybridized carbons (Fsp3) is 0.214. The molecule has 0 aliphatic heterocycles. The Balaban J connectivity index is 2.17. The molecule has 0 bridgehead atoms. The maximum atomic E-state index is 12.2. The summed E-state index contributed by atoms with van der Waals surface area (Å²) in [7, 11) is -3.63. The number of ether oxygens (including phenoxy) is 1. The number of hydrogen-bond donors (Lipinski definition) is 1. The molecule has 0 saturated carbocycles. The van der Waals surface area contributed by atoms with Gasteiger partial charge in [0.15, 0.2) is 0 Å². The van der Waals surface area contributed by atoms with Crippen molar-refractivity contribution in [1.29, 1.82) is 0 Å². The fourth-order valence-corrected chi connectivity index (χ4v) is 2.88. The van der Waals surface area contributed by atoms with Gasteiger partial charge < -0.3 is 4.74 Å². The highest BCUT2D eigenvalue weighted by Gasteiger charge is 2.16. The number of aromatic nitrogens is 1. The second kappa shape index (κ2) is 6.89. The summed E-state index contributed by atoms with van der Waals surface area (Å²) in [6.45, 7) is 2.41. The summed E-state index contributed by atoms with van der Waals surface area (Å²) in [5.41, 5.74) is 0.826. The molecule has 0 amide bonds. The van der Waals surface area contributed by atoms with Crippen molar-refractivity contribution in [3.63, 3.8) is 0 Å². The number of pyridine rings is 1. The van der Waals surface area contributed by atoms with Crippen LogP contribution in [0.2, 0.25) is 5.02 Å². The lowest BCUT2D eigenvalue weighted by atomic mass is 10.3. The lowest BCUT2D eigenvalue weighted by molar-refractivity contribution is 0.339. The minimum absolute atomic E-state index is 0.115. The Morgan fingerprint density at radius 1 is 1.24 bits per heavy atom. The number of halogens is 1. The summed E-state index contributed by atoms with van der Waals surface area (Å²) < 4.78 is 32.3. The highest BCUT2D eigenvalue weighted by Crippen LogP contribution is 2.27. The quantitative estimate of drug-likeness (QED) is 0.886. The van der Waals surface area contributed by atoms with Gasteiger partial charge in [-0.2, -0.15) is 0 Å². The molecule has 0 aliphatic rings. The molecule has 0 radical (unpaired) electrons. The molecule has 1 heterocycles. The predicted octanol–water partition coefficient (Wildman–Crippen LogP) is 2.61. The first-order valence-corrected chi connectivity index (χ1v) is 8.20. The second-order valence-corrected chi connectivity index (χ2v) is 6.38. The maximum Gasteiger partial charge on any atom is 0.241 e. The minimum atomic E-state index is -3.63. The first kappa shape index (κ1) is 15.8. The van der Waals surface area contributed by atoms with Gasteiger partial charge in [-0.15, -0.1) is 0 Å². The van der Waals surface area contributed by atoms with Crippen LogP contribution in [0.15, 0.2) is 47.6 Å². The average molecular weight is 327 g/mol. The zero-order chi connectivity index (χ0) is 15.3. The van der Waals surface area contributed by atoms with Crippen molar-refractivity contribution in [3.05, 3.63) is 53.3 Å². The van der Waals surface area contributed by atoms with Crippen molar-refractivity contribution in [2.24, 2.45) is 0 Å². The topological polar surface area (TPSA) is 68.3 Å². The second-order valence-electron chi connectivity index (χ2n) is 4.21. The summed E-state index contributed by atoms with van der Waals surface area (Å²) in [5.74, 6) is 0.353. The molecule has 0 aliphatic carbocycles. The zero-order valence-electron chi connectivity index (χ0n) is 11.4. The highest BCUT2D eigenvalue weighted by atomic mass is 35.5. The Morgan fingerprint density at radius 2 is 1.95 bits per heavy atom. The van der Waals surface area contributed by atoms with Gasteiger partial charge in [-0.05, 0) is 36.8 Å². The van der Waals surface area contributed by atoms with Crippen LogP contribution in [0.5, 0.6) is 5.75 Å². The molecule has 0 spiro atoms. The zero-order valence-corrected chi connectivity index (χ0v) is 13.0. The Labute approximate surface area is 129 Å². The summed E-state index contributed by atoms with van der Waals surface area (Å²) in [6.07, 6.45) is 3.22. The van der Waals surface area contributed by atoms with Gasteiger partial charge >= 0.3 is 0 Å². The van der Waals surface area contributed by atoms with E-state index in [-0.39, 0.29) is 11.4 Å². The number of nitrogens with zero attached hydrogens (tertiary/aromatic N) is 1. The van der Waals surface area contributed by atoms with Crippen LogP contribution >= 0.6 is 11.6 Å². The third kappa shape index (κ3) is 4.17. The van der Waals surface area contributed by atoms with E-state index in [1.165, 1.54) is 18.2 Å². The Kier molecular flexibility index (Phi) is 5.17. The highest BCUT2D eigenvalue weighted by molar-refractivity contribution is 7.89. The summed E-state index contributed by atoms with van der Waals surface area (Å²) >= 11 is 5.95. The summed E-state index contributed by atoms with van der Waals surface area (Å²) in [5, 5.41) is 0.380. The van der Waals surface area contributed by atoms with Crippen molar-refractivity contribution in [1.82, 2.24) is 9.71 Å². The average Bonchev–Trinajstić information content (AvgIpc) is 2.49. The molecule has 2 rings (SSSR count). The molecule has 0 atom stereocenters. The summed E-state index contributed by atoms with van der Waals surface area (Å²) in [6, 6.07) is 7.86. The van der Waals surface area contributed by atoms with Crippen LogP contribution in [-0.4, -0.2) is 20.0 Å². The Bertz CT molecular complexity index is 705. The molecule has 21 heavy (non-hydrogen) atoms. The molecule has 112 valence electrons. The lowest BCUT2D eigenvalue weighted by Gasteiger charge is -2.10. The number of rotatable bonds is 6. The van der Waals surface area contributed by atoms with Crippen molar-refractivity contribution in [2.75, 3.05) is 6.61 Å². The molecule has 1 aromatic heterocycles. The van der Waals surface area contributed by atoms with Crippen LogP contribution in [0.1, 0.15) is 12.5 Å². The van der Waals surface area contributed by atoms with Crippen LogP contribution in [0.25, 0.3) is 0 Å². The van der Waals surface area contributed by atoms with E-state index in [9.17, 15) is 8.42 Å². The van der Waals surface area contributed by atoms with Crippen molar-refractivity contribution in [2.45, 2.75) is 18.4 Å². The monoisotopic (exact) mass is 326 g/mol. The normalized spacial score (nSPS) is 11.3. The van der Waals surface area contributed by atoms with Crippen LogP contribution in [0, 0.1) is 0 Å². The molecular formula is C14H15ClN2O3S. The SMILES string of the molecule is CCOc1cc(S(=O)(=O)NCc2ccncc2)ccc1Cl. The first-order valence-electron chi connectivity index (χ1n) is 6.34. The van der Waals surface area contributed by atoms with Crippen LogP contribution < -0.4 is 9.46 Å². The van der Waals surface area contributed by atoms with Crippen molar-refractivity contribution >= 4 is 21.6 Å². The van der Waals surface area contributed by atoms with E-state index in [4.69, 9.17) is 16.3 Å². The van der Waals surface area contributed by atoms with E-state index in [0.29, 0.717) is 17.4 Å². The third-order valence-electron chi connectivity index (χ3n) is 2.73. The van der Waals surface area contributed by atoms with Gasteiger partial charge in [0.2, 0.25) is 10.0 Å². The standard InChI is InChI=1S/C14H15ClN2O3S/c1-2-20-14-9-12(3-4-13(14)15)21(18,19)17-10-11-5-7-16-8-6-11/h3-9,17H,2,10H2,1H3. The number of nitrogens with one attached hydrogen (secondary N) is 1. The van der Waals surface area contributed by atoms with Crippen molar-refractivity contribution in [3.8, 4) is 5.75 Å². The molecule has 1 N–H and O–H groups in total. The minimum Gasteiger partial charge on any atom is -0.492 e. The molecule has 0 saturated heterocycles. The van der Waals surface area contributed by atoms with E-state index in [1.54, 1.807) is 31.5 Å². The van der Waals surface area contributed by atoms with E-state index in [1.807, 2.05) is 0 Å². The molecule has 1 aromatic carbocycles. The molecular weight excluding hydrogens is 312 g/mol. The molecule has 5 nitrogen and oxygen atoms in total. The number of benzene rings is 1. The van der Waals surface area contributed by atoms with Gasteiger partial charge in [-0.3, -0.25) is 4.98 Å². The first-order chi connectivity index (χ1) is 10.0. The smallest absolute Gasteiger partial charge is 0.241 e. The van der Waals surface area contributed by atoms with Gasteiger partial charge in [0.25, 0.3) is 0 Å². The van der Waals surface area contributed by atoms with E-state index in [2.05, 4.69) is 9.71 Å². The molecule has 0 unspecified atom stereocenters. The molecule has 2 aromatic rings. The molecule has 7 heteroatoms. The van der Waals surface area contributed by atoms with Crippen molar-refractivity contribution < 1.29 is 13.2 Å². The largest absolute Gasteiger partial charge is 0.492 e. The van der Waals surface area contributed by atoms with Gasteiger partial charge in [0.05, 0.1) is 16.5 Å². The Morgan fingerprint density at radius 3 is 2.62 bits per heavy atom. The maximum absolute atomic E-state index is 12.2. The van der Waals surface area contributed by atoms with Gasteiger partial charge in [0, 0.05) is 25.0 Å². The van der Waals surface area contributed by atoms with Crippen LogP contribution in [0.4, 0.5) is 0 Å². The fourth-order valence-electron chi connectivity index (χ4n) is 1.68.